The molecule has 1 aliphatic carbocycles. The molecular weight excluding hydrogens is 198 g/mol. The zero-order valence-electron chi connectivity index (χ0n) is 10.5. The average molecular weight is 221 g/mol. The first-order chi connectivity index (χ1) is 7.75. The molecule has 1 fully saturated rings. The van der Waals surface area contributed by atoms with Gasteiger partial charge in [0.15, 0.2) is 0 Å². The van der Waals surface area contributed by atoms with Gasteiger partial charge in [0.2, 0.25) is 5.95 Å². The van der Waals surface area contributed by atoms with Gasteiger partial charge in [-0.1, -0.05) is 32.1 Å². The highest BCUT2D eigenvalue weighted by Gasteiger charge is 2.12. The van der Waals surface area contributed by atoms with Crippen molar-refractivity contribution < 1.29 is 0 Å². The van der Waals surface area contributed by atoms with Gasteiger partial charge in [-0.25, -0.2) is 4.98 Å². The summed E-state index contributed by atoms with van der Waals surface area (Å²) in [6.07, 6.45) is 10.5. The van der Waals surface area contributed by atoms with E-state index in [1.54, 1.807) is 0 Å². The molecule has 2 rings (SSSR count). The minimum atomic E-state index is 0.947. The van der Waals surface area contributed by atoms with E-state index in [9.17, 15) is 0 Å². The normalized spacial score (nSPS) is 17.6. The molecule has 0 atom stereocenters. The number of hydrogen-bond acceptors (Lipinski definition) is 2. The first-order valence-corrected chi connectivity index (χ1v) is 6.49. The number of aryl methyl sites for hydroxylation is 2. The molecule has 1 heterocycles. The third kappa shape index (κ3) is 3.00. The summed E-state index contributed by atoms with van der Waals surface area (Å²) in [5.74, 6) is 1.95. The summed E-state index contributed by atoms with van der Waals surface area (Å²) in [5.41, 5.74) is 1.09. The fraction of sp³-hybridized carbons (Fsp3) is 0.769. The quantitative estimate of drug-likeness (QED) is 0.846. The Morgan fingerprint density at radius 2 is 2.12 bits per heavy atom. The Kier molecular flexibility index (Phi) is 3.86. The predicted molar refractivity (Wildman–Crippen MR) is 67.6 cm³/mol. The monoisotopic (exact) mass is 221 g/mol. The van der Waals surface area contributed by atoms with Crippen molar-refractivity contribution >= 4 is 5.95 Å². The molecular formula is C13H23N3. The highest BCUT2D eigenvalue weighted by molar-refractivity contribution is 5.27. The second-order valence-corrected chi connectivity index (χ2v) is 5.04. The van der Waals surface area contributed by atoms with Crippen molar-refractivity contribution in [3.05, 3.63) is 11.9 Å². The summed E-state index contributed by atoms with van der Waals surface area (Å²) in [5, 5.41) is 3.43. The van der Waals surface area contributed by atoms with Gasteiger partial charge in [-0.05, 0) is 19.3 Å². The number of aromatic nitrogens is 2. The van der Waals surface area contributed by atoms with Gasteiger partial charge in [0.1, 0.15) is 0 Å². The summed E-state index contributed by atoms with van der Waals surface area (Å²) in [6.45, 7) is 3.10. The van der Waals surface area contributed by atoms with Crippen LogP contribution in [0.25, 0.3) is 0 Å². The zero-order chi connectivity index (χ0) is 11.4. The highest BCUT2D eigenvalue weighted by Crippen LogP contribution is 2.26. The van der Waals surface area contributed by atoms with Crippen molar-refractivity contribution in [3.63, 3.8) is 0 Å². The van der Waals surface area contributed by atoms with Crippen molar-refractivity contribution in [2.24, 2.45) is 13.0 Å². The lowest BCUT2D eigenvalue weighted by Gasteiger charge is -2.21. The van der Waals surface area contributed by atoms with Crippen molar-refractivity contribution in [1.82, 2.24) is 9.55 Å². The molecule has 0 amide bonds. The predicted octanol–water partition coefficient (Wildman–Crippen LogP) is 3.11. The topological polar surface area (TPSA) is 29.9 Å². The lowest BCUT2D eigenvalue weighted by molar-refractivity contribution is 0.345. The highest BCUT2D eigenvalue weighted by atomic mass is 15.2. The molecule has 0 spiro atoms. The summed E-state index contributed by atoms with van der Waals surface area (Å²) in [7, 11) is 2.04. The number of nitrogens with zero attached hydrogens (tertiary/aromatic N) is 2. The molecule has 0 bridgehead atoms. The third-order valence-corrected chi connectivity index (χ3v) is 3.56. The minimum Gasteiger partial charge on any atom is -0.356 e. The first-order valence-electron chi connectivity index (χ1n) is 6.49. The van der Waals surface area contributed by atoms with Crippen LogP contribution in [0.1, 0.15) is 44.2 Å². The summed E-state index contributed by atoms with van der Waals surface area (Å²) < 4.78 is 2.07. The van der Waals surface area contributed by atoms with Crippen LogP contribution in [0.15, 0.2) is 6.20 Å². The van der Waals surface area contributed by atoms with Crippen molar-refractivity contribution in [2.45, 2.75) is 45.4 Å². The van der Waals surface area contributed by atoms with Crippen LogP contribution in [-0.2, 0) is 7.05 Å². The summed E-state index contributed by atoms with van der Waals surface area (Å²) >= 11 is 0. The van der Waals surface area contributed by atoms with Gasteiger partial charge < -0.3 is 9.88 Å². The van der Waals surface area contributed by atoms with Crippen LogP contribution in [0.4, 0.5) is 5.95 Å². The van der Waals surface area contributed by atoms with Gasteiger partial charge in [-0.3, -0.25) is 0 Å². The van der Waals surface area contributed by atoms with E-state index in [0.717, 1.165) is 24.1 Å². The molecule has 3 heteroatoms. The number of rotatable bonds is 4. The van der Waals surface area contributed by atoms with E-state index in [0.29, 0.717) is 0 Å². The lowest BCUT2D eigenvalue weighted by atomic mass is 9.87. The van der Waals surface area contributed by atoms with E-state index in [2.05, 4.69) is 21.1 Å². The van der Waals surface area contributed by atoms with Gasteiger partial charge in [0.05, 0.1) is 5.69 Å². The maximum absolute atomic E-state index is 4.44. The summed E-state index contributed by atoms with van der Waals surface area (Å²) in [6, 6.07) is 0. The van der Waals surface area contributed by atoms with Gasteiger partial charge in [0, 0.05) is 19.8 Å². The Morgan fingerprint density at radius 1 is 1.38 bits per heavy atom. The van der Waals surface area contributed by atoms with Gasteiger partial charge >= 0.3 is 0 Å². The maximum atomic E-state index is 4.44. The van der Waals surface area contributed by atoms with Crippen LogP contribution < -0.4 is 5.32 Å². The molecule has 1 saturated carbocycles. The van der Waals surface area contributed by atoms with Gasteiger partial charge in [-0.15, -0.1) is 0 Å². The van der Waals surface area contributed by atoms with Crippen LogP contribution >= 0.6 is 0 Å². The largest absolute Gasteiger partial charge is 0.356 e. The molecule has 0 aromatic carbocycles. The molecule has 1 aromatic rings. The Balaban J connectivity index is 1.73. The lowest BCUT2D eigenvalue weighted by Crippen LogP contribution is -2.13. The molecule has 0 aliphatic heterocycles. The zero-order valence-corrected chi connectivity index (χ0v) is 10.5. The first kappa shape index (κ1) is 11.5. The SMILES string of the molecule is Cc1cn(C)c(NCCC2CCCCC2)n1. The molecule has 1 N–H and O–H groups in total. The molecule has 90 valence electrons. The van der Waals surface area contributed by atoms with E-state index >= 15 is 0 Å². The van der Waals surface area contributed by atoms with Crippen molar-refractivity contribution in [1.29, 1.82) is 0 Å². The van der Waals surface area contributed by atoms with Crippen LogP contribution in [0.5, 0.6) is 0 Å². The van der Waals surface area contributed by atoms with E-state index in [4.69, 9.17) is 0 Å². The fourth-order valence-corrected chi connectivity index (χ4v) is 2.64. The smallest absolute Gasteiger partial charge is 0.202 e. The third-order valence-electron chi connectivity index (χ3n) is 3.56. The molecule has 0 saturated heterocycles. The van der Waals surface area contributed by atoms with Gasteiger partial charge in [-0.2, -0.15) is 0 Å². The molecule has 0 radical (unpaired) electrons. The average Bonchev–Trinajstić information content (AvgIpc) is 2.59. The van der Waals surface area contributed by atoms with Crippen LogP contribution in [0.2, 0.25) is 0 Å². The Morgan fingerprint density at radius 3 is 2.75 bits per heavy atom. The Labute approximate surface area is 98.3 Å². The summed E-state index contributed by atoms with van der Waals surface area (Å²) in [4.78, 5) is 4.44. The standard InChI is InChI=1S/C13H23N3/c1-11-10-16(2)13(15-11)14-9-8-12-6-4-3-5-7-12/h10,12H,3-9H2,1-2H3,(H,14,15). The second-order valence-electron chi connectivity index (χ2n) is 5.04. The van der Waals surface area contributed by atoms with E-state index in [1.165, 1.54) is 38.5 Å². The molecule has 1 aromatic heterocycles. The van der Waals surface area contributed by atoms with Crippen molar-refractivity contribution in [2.75, 3.05) is 11.9 Å². The van der Waals surface area contributed by atoms with Crippen LogP contribution in [0.3, 0.4) is 0 Å². The fourth-order valence-electron chi connectivity index (χ4n) is 2.64. The maximum Gasteiger partial charge on any atom is 0.202 e. The molecule has 0 unspecified atom stereocenters. The molecule has 3 nitrogen and oxygen atoms in total. The number of nitrogens with one attached hydrogen (secondary N) is 1. The van der Waals surface area contributed by atoms with E-state index < -0.39 is 0 Å². The van der Waals surface area contributed by atoms with Crippen LogP contribution in [-0.4, -0.2) is 16.1 Å². The number of imidazole rings is 1. The second kappa shape index (κ2) is 5.37. The number of anilines is 1. The Hall–Kier alpha value is -0.990. The Bertz CT molecular complexity index is 324. The van der Waals surface area contributed by atoms with E-state index in [1.807, 2.05) is 14.0 Å². The minimum absolute atomic E-state index is 0.947. The van der Waals surface area contributed by atoms with Crippen LogP contribution in [0, 0.1) is 12.8 Å². The van der Waals surface area contributed by atoms with Gasteiger partial charge in [0.25, 0.3) is 0 Å². The van der Waals surface area contributed by atoms with Crippen molar-refractivity contribution in [3.8, 4) is 0 Å². The number of hydrogen-bond donors (Lipinski definition) is 1. The van der Waals surface area contributed by atoms with E-state index in [-0.39, 0.29) is 0 Å². The molecule has 16 heavy (non-hydrogen) atoms. The molecule has 1 aliphatic rings.